The first-order valence-corrected chi connectivity index (χ1v) is 6.23. The summed E-state index contributed by atoms with van der Waals surface area (Å²) in [6.45, 7) is 5.46. The molecule has 1 fully saturated rings. The maximum absolute atomic E-state index is 11.1. The van der Waals surface area contributed by atoms with Gasteiger partial charge in [-0.25, -0.2) is 0 Å². The molecule has 98 valence electrons. The number of carbonyl (C=O) groups excluding carboxylic acids is 1. The Morgan fingerprint density at radius 2 is 2.11 bits per heavy atom. The lowest BCUT2D eigenvalue weighted by atomic mass is 10.1. The third-order valence-corrected chi connectivity index (χ3v) is 3.12. The van der Waals surface area contributed by atoms with Gasteiger partial charge in [0.25, 0.3) is 0 Å². The van der Waals surface area contributed by atoms with Gasteiger partial charge < -0.3 is 10.1 Å². The summed E-state index contributed by atoms with van der Waals surface area (Å²) in [6.07, 6.45) is 3.58. The van der Waals surface area contributed by atoms with Crippen LogP contribution in [0.2, 0.25) is 0 Å². The van der Waals surface area contributed by atoms with Gasteiger partial charge in [-0.15, -0.1) is 0 Å². The summed E-state index contributed by atoms with van der Waals surface area (Å²) in [4.78, 5) is 17.5. The lowest BCUT2D eigenvalue weighted by Crippen LogP contribution is -2.43. The molecule has 2 heterocycles. The van der Waals surface area contributed by atoms with Gasteiger partial charge in [-0.3, -0.25) is 14.7 Å². The molecule has 1 aromatic rings. The van der Waals surface area contributed by atoms with E-state index in [9.17, 15) is 4.79 Å². The predicted octanol–water partition coefficient (Wildman–Crippen LogP) is 0.591. The molecule has 0 spiro atoms. The number of hydrogen-bond donors (Lipinski definition) is 1. The maximum Gasteiger partial charge on any atom is 0.216 e. The number of pyridine rings is 1. The molecule has 1 atom stereocenters. The van der Waals surface area contributed by atoms with Crippen molar-refractivity contribution in [1.29, 1.82) is 0 Å². The Hall–Kier alpha value is -1.46. The van der Waals surface area contributed by atoms with Crippen LogP contribution in [0.5, 0.6) is 0 Å². The van der Waals surface area contributed by atoms with Crippen molar-refractivity contribution in [3.05, 3.63) is 30.1 Å². The summed E-state index contributed by atoms with van der Waals surface area (Å²) in [7, 11) is 0. The number of carbonyl (C=O) groups is 1. The summed E-state index contributed by atoms with van der Waals surface area (Å²) < 4.78 is 5.37. The molecule has 1 amide bonds. The van der Waals surface area contributed by atoms with Crippen LogP contribution < -0.4 is 5.32 Å². The maximum atomic E-state index is 11.1. The van der Waals surface area contributed by atoms with E-state index in [4.69, 9.17) is 4.74 Å². The number of rotatable bonds is 4. The van der Waals surface area contributed by atoms with Gasteiger partial charge in [-0.2, -0.15) is 0 Å². The van der Waals surface area contributed by atoms with Crippen LogP contribution >= 0.6 is 0 Å². The number of aromatic nitrogens is 1. The number of hydrogen-bond acceptors (Lipinski definition) is 4. The van der Waals surface area contributed by atoms with E-state index in [0.717, 1.165) is 26.3 Å². The Morgan fingerprint density at radius 3 is 2.72 bits per heavy atom. The first kappa shape index (κ1) is 13.0. The second-order valence-electron chi connectivity index (χ2n) is 4.38. The zero-order valence-electron chi connectivity index (χ0n) is 10.6. The minimum atomic E-state index is 0.00214. The summed E-state index contributed by atoms with van der Waals surface area (Å²) in [5.74, 6) is 0.00214. The van der Waals surface area contributed by atoms with Crippen LogP contribution in [0, 0.1) is 0 Å². The van der Waals surface area contributed by atoms with E-state index < -0.39 is 0 Å². The summed E-state index contributed by atoms with van der Waals surface area (Å²) >= 11 is 0. The Kier molecular flexibility index (Phi) is 4.66. The second kappa shape index (κ2) is 6.47. The fourth-order valence-corrected chi connectivity index (χ4v) is 2.17. The van der Waals surface area contributed by atoms with E-state index in [1.54, 1.807) is 19.3 Å². The second-order valence-corrected chi connectivity index (χ2v) is 4.38. The Balaban J connectivity index is 2.08. The predicted molar refractivity (Wildman–Crippen MR) is 68.1 cm³/mol. The first-order valence-electron chi connectivity index (χ1n) is 6.23. The number of ether oxygens (including phenoxy) is 1. The average Bonchev–Trinajstić information content (AvgIpc) is 2.41. The summed E-state index contributed by atoms with van der Waals surface area (Å²) in [5, 5.41) is 2.90. The normalized spacial score (nSPS) is 18.3. The van der Waals surface area contributed by atoms with E-state index in [1.165, 1.54) is 5.56 Å². The molecule has 1 aromatic heterocycles. The Bertz CT molecular complexity index is 377. The first-order chi connectivity index (χ1) is 8.77. The molecule has 1 aliphatic heterocycles. The lowest BCUT2D eigenvalue weighted by Gasteiger charge is -2.34. The molecule has 1 saturated heterocycles. The molecule has 0 aliphatic carbocycles. The lowest BCUT2D eigenvalue weighted by molar-refractivity contribution is -0.119. The van der Waals surface area contributed by atoms with Gasteiger partial charge >= 0.3 is 0 Å². The average molecular weight is 249 g/mol. The molecule has 0 saturated carbocycles. The monoisotopic (exact) mass is 249 g/mol. The smallest absolute Gasteiger partial charge is 0.216 e. The van der Waals surface area contributed by atoms with Gasteiger partial charge in [-0.05, 0) is 17.7 Å². The highest BCUT2D eigenvalue weighted by atomic mass is 16.5. The minimum Gasteiger partial charge on any atom is -0.379 e. The van der Waals surface area contributed by atoms with Crippen LogP contribution in [0.1, 0.15) is 18.5 Å². The number of amides is 1. The molecule has 1 N–H and O–H groups in total. The number of morpholine rings is 1. The highest BCUT2D eigenvalue weighted by Gasteiger charge is 2.22. The molecule has 0 aromatic carbocycles. The fourth-order valence-electron chi connectivity index (χ4n) is 2.17. The van der Waals surface area contributed by atoms with E-state index in [2.05, 4.69) is 15.2 Å². The number of nitrogens with one attached hydrogen (secondary N) is 1. The van der Waals surface area contributed by atoms with Crippen LogP contribution in [0.3, 0.4) is 0 Å². The quantitative estimate of drug-likeness (QED) is 0.848. The van der Waals surface area contributed by atoms with E-state index >= 15 is 0 Å². The van der Waals surface area contributed by atoms with Crippen molar-refractivity contribution in [2.45, 2.75) is 13.0 Å². The Morgan fingerprint density at radius 1 is 1.44 bits per heavy atom. The third kappa shape index (κ3) is 3.51. The van der Waals surface area contributed by atoms with Gasteiger partial charge in [0, 0.05) is 39.0 Å². The van der Waals surface area contributed by atoms with E-state index in [1.807, 2.05) is 12.1 Å². The minimum absolute atomic E-state index is 0.00214. The van der Waals surface area contributed by atoms with Gasteiger partial charge in [0.05, 0.1) is 19.3 Å². The molecular weight excluding hydrogens is 230 g/mol. The SMILES string of the molecule is CC(=O)NCC(c1ccncc1)N1CCOCC1. The summed E-state index contributed by atoms with van der Waals surface area (Å²) in [5.41, 5.74) is 1.18. The number of nitrogens with zero attached hydrogens (tertiary/aromatic N) is 2. The topological polar surface area (TPSA) is 54.5 Å². The van der Waals surface area contributed by atoms with Gasteiger partial charge in [0.2, 0.25) is 5.91 Å². The molecular formula is C13H19N3O2. The highest BCUT2D eigenvalue weighted by molar-refractivity contribution is 5.72. The van der Waals surface area contributed by atoms with Crippen LogP contribution in [-0.4, -0.2) is 48.6 Å². The van der Waals surface area contributed by atoms with E-state index in [0.29, 0.717) is 6.54 Å². The molecule has 0 bridgehead atoms. The van der Waals surface area contributed by atoms with Crippen molar-refractivity contribution in [3.8, 4) is 0 Å². The fraction of sp³-hybridized carbons (Fsp3) is 0.538. The molecule has 18 heavy (non-hydrogen) atoms. The zero-order valence-corrected chi connectivity index (χ0v) is 10.6. The zero-order chi connectivity index (χ0) is 12.8. The van der Waals surface area contributed by atoms with Crippen LogP contribution in [0.4, 0.5) is 0 Å². The molecule has 2 rings (SSSR count). The van der Waals surface area contributed by atoms with E-state index in [-0.39, 0.29) is 11.9 Å². The van der Waals surface area contributed by atoms with Crippen molar-refractivity contribution in [2.24, 2.45) is 0 Å². The van der Waals surface area contributed by atoms with Crippen LogP contribution in [-0.2, 0) is 9.53 Å². The van der Waals surface area contributed by atoms with Crippen molar-refractivity contribution >= 4 is 5.91 Å². The van der Waals surface area contributed by atoms with Gasteiger partial charge in [0.15, 0.2) is 0 Å². The van der Waals surface area contributed by atoms with Crippen molar-refractivity contribution < 1.29 is 9.53 Å². The summed E-state index contributed by atoms with van der Waals surface area (Å²) in [6, 6.07) is 4.20. The Labute approximate surface area is 107 Å². The van der Waals surface area contributed by atoms with Crippen molar-refractivity contribution in [3.63, 3.8) is 0 Å². The largest absolute Gasteiger partial charge is 0.379 e. The van der Waals surface area contributed by atoms with Crippen LogP contribution in [0.15, 0.2) is 24.5 Å². The highest BCUT2D eigenvalue weighted by Crippen LogP contribution is 2.20. The van der Waals surface area contributed by atoms with Crippen molar-refractivity contribution in [1.82, 2.24) is 15.2 Å². The molecule has 0 radical (unpaired) electrons. The van der Waals surface area contributed by atoms with Crippen molar-refractivity contribution in [2.75, 3.05) is 32.8 Å². The standard InChI is InChI=1S/C13H19N3O2/c1-11(17)15-10-13(12-2-4-14-5-3-12)16-6-8-18-9-7-16/h2-5,13H,6-10H2,1H3,(H,15,17). The van der Waals surface area contributed by atoms with Gasteiger partial charge in [-0.1, -0.05) is 0 Å². The molecule has 5 nitrogen and oxygen atoms in total. The van der Waals surface area contributed by atoms with Gasteiger partial charge in [0.1, 0.15) is 0 Å². The van der Waals surface area contributed by atoms with Crippen LogP contribution in [0.25, 0.3) is 0 Å². The molecule has 1 aliphatic rings. The molecule has 1 unspecified atom stereocenters. The third-order valence-electron chi connectivity index (χ3n) is 3.12. The molecule has 5 heteroatoms.